The highest BCUT2D eigenvalue weighted by Gasteiger charge is 2.31. The Labute approximate surface area is 174 Å². The summed E-state index contributed by atoms with van der Waals surface area (Å²) in [6.45, 7) is 6.02. The molecule has 1 fully saturated rings. The van der Waals surface area contributed by atoms with Crippen molar-refractivity contribution in [1.82, 2.24) is 14.4 Å². The van der Waals surface area contributed by atoms with Crippen molar-refractivity contribution in [2.75, 3.05) is 25.5 Å². The van der Waals surface area contributed by atoms with E-state index in [0.29, 0.717) is 37.6 Å². The Balaban J connectivity index is 1.61. The van der Waals surface area contributed by atoms with Gasteiger partial charge in [0.25, 0.3) is 5.91 Å². The first-order chi connectivity index (χ1) is 14.0. The van der Waals surface area contributed by atoms with E-state index in [1.165, 1.54) is 5.56 Å². The zero-order chi connectivity index (χ0) is 20.5. The van der Waals surface area contributed by atoms with Gasteiger partial charge in [0.15, 0.2) is 0 Å². The Kier molecular flexibility index (Phi) is 5.37. The Hall–Kier alpha value is -2.73. The number of piperazine rings is 1. The van der Waals surface area contributed by atoms with Crippen LogP contribution in [-0.2, 0) is 11.3 Å². The van der Waals surface area contributed by atoms with Crippen LogP contribution in [0.15, 0.2) is 47.1 Å². The lowest BCUT2D eigenvalue weighted by Gasteiger charge is -2.39. The molecule has 29 heavy (non-hydrogen) atoms. The lowest BCUT2D eigenvalue weighted by Crippen LogP contribution is -2.56. The second kappa shape index (κ2) is 7.95. The number of rotatable bonds is 4. The quantitative estimate of drug-likeness (QED) is 0.615. The van der Waals surface area contributed by atoms with Gasteiger partial charge >= 0.3 is 0 Å². The van der Waals surface area contributed by atoms with Crippen LogP contribution in [0.25, 0.3) is 11.1 Å². The van der Waals surface area contributed by atoms with E-state index in [2.05, 4.69) is 25.1 Å². The highest BCUT2D eigenvalue weighted by atomic mass is 35.5. The smallest absolute Gasteiger partial charge is 0.270 e. The zero-order valence-corrected chi connectivity index (χ0v) is 17.4. The van der Waals surface area contributed by atoms with Crippen molar-refractivity contribution in [2.45, 2.75) is 26.4 Å². The van der Waals surface area contributed by atoms with Gasteiger partial charge in [-0.25, -0.2) is 0 Å². The largest absolute Gasteiger partial charge is 0.448 e. The van der Waals surface area contributed by atoms with Gasteiger partial charge in [-0.05, 0) is 31.5 Å². The number of halogens is 1. The number of fused-ring (bicyclic) bond motifs is 1. The van der Waals surface area contributed by atoms with Gasteiger partial charge < -0.3 is 18.8 Å². The molecule has 152 valence electrons. The van der Waals surface area contributed by atoms with Crippen LogP contribution in [0.5, 0.6) is 0 Å². The average molecular weight is 414 g/mol. The highest BCUT2D eigenvalue weighted by Crippen LogP contribution is 2.25. The fraction of sp³-hybridized carbons (Fsp3) is 0.364. The molecule has 1 unspecified atom stereocenters. The van der Waals surface area contributed by atoms with Crippen LogP contribution in [0.4, 0.5) is 0 Å². The van der Waals surface area contributed by atoms with Crippen molar-refractivity contribution in [3.63, 3.8) is 0 Å². The molecule has 1 atom stereocenters. The molecule has 2 amide bonds. The summed E-state index contributed by atoms with van der Waals surface area (Å²) in [5.74, 6) is -0.172. The normalized spacial score (nSPS) is 17.1. The summed E-state index contributed by atoms with van der Waals surface area (Å²) in [5, 5.41) is 0.907. The van der Waals surface area contributed by atoms with Crippen molar-refractivity contribution < 1.29 is 14.0 Å². The standard InChI is InChI=1S/C22H24ClN3O3/c1-15-4-3-5-17(10-15)14-26-19(11-18-6-9-29-22(18)26)21(28)24-7-8-25(16(2)13-24)20(27)12-23/h3-6,9-11,16H,7-8,12-14H2,1-2H3. The van der Waals surface area contributed by atoms with E-state index in [9.17, 15) is 9.59 Å². The molecular formula is C22H24ClN3O3. The van der Waals surface area contributed by atoms with Gasteiger partial charge in [-0.15, -0.1) is 11.6 Å². The minimum absolute atomic E-state index is 0.0337. The maximum atomic E-state index is 13.4. The van der Waals surface area contributed by atoms with Gasteiger partial charge in [-0.3, -0.25) is 9.59 Å². The summed E-state index contributed by atoms with van der Waals surface area (Å²) in [4.78, 5) is 28.9. The molecule has 1 aromatic carbocycles. The van der Waals surface area contributed by atoms with Crippen LogP contribution in [0.3, 0.4) is 0 Å². The number of hydrogen-bond acceptors (Lipinski definition) is 3. The van der Waals surface area contributed by atoms with Crippen LogP contribution < -0.4 is 0 Å². The fourth-order valence-corrected chi connectivity index (χ4v) is 4.21. The summed E-state index contributed by atoms with van der Waals surface area (Å²) in [5.41, 5.74) is 3.58. The first-order valence-corrected chi connectivity index (χ1v) is 10.3. The number of nitrogens with zero attached hydrogens (tertiary/aromatic N) is 3. The number of carbonyl (C=O) groups is 2. The molecule has 1 aliphatic rings. The molecule has 6 nitrogen and oxygen atoms in total. The van der Waals surface area contributed by atoms with E-state index in [1.807, 2.05) is 34.6 Å². The van der Waals surface area contributed by atoms with Crippen molar-refractivity contribution >= 4 is 34.5 Å². The topological polar surface area (TPSA) is 58.7 Å². The third-order valence-corrected chi connectivity index (χ3v) is 5.72. The van der Waals surface area contributed by atoms with Crippen molar-refractivity contribution in [1.29, 1.82) is 0 Å². The van der Waals surface area contributed by atoms with E-state index in [1.54, 1.807) is 11.2 Å². The Morgan fingerprint density at radius 1 is 1.21 bits per heavy atom. The molecule has 1 aliphatic heterocycles. The van der Waals surface area contributed by atoms with Crippen molar-refractivity contribution in [2.24, 2.45) is 0 Å². The Morgan fingerprint density at radius 2 is 2.03 bits per heavy atom. The average Bonchev–Trinajstić information content (AvgIpc) is 3.29. The molecule has 4 rings (SSSR count). The minimum atomic E-state index is -0.0911. The third kappa shape index (κ3) is 3.77. The molecular weight excluding hydrogens is 390 g/mol. The van der Waals surface area contributed by atoms with Gasteiger partial charge in [0, 0.05) is 31.1 Å². The molecule has 0 spiro atoms. The van der Waals surface area contributed by atoms with Crippen LogP contribution in [0.2, 0.25) is 0 Å². The zero-order valence-electron chi connectivity index (χ0n) is 16.6. The summed E-state index contributed by atoms with van der Waals surface area (Å²) in [6.07, 6.45) is 1.64. The van der Waals surface area contributed by atoms with E-state index >= 15 is 0 Å². The number of amides is 2. The third-order valence-electron chi connectivity index (χ3n) is 5.49. The monoisotopic (exact) mass is 413 g/mol. The summed E-state index contributed by atoms with van der Waals surface area (Å²) in [7, 11) is 0. The number of aryl methyl sites for hydroxylation is 1. The van der Waals surface area contributed by atoms with Gasteiger partial charge in [0.1, 0.15) is 11.6 Å². The summed E-state index contributed by atoms with van der Waals surface area (Å²) in [6, 6.07) is 11.9. The minimum Gasteiger partial charge on any atom is -0.448 e. The predicted octanol–water partition coefficient (Wildman–Crippen LogP) is 3.50. The first kappa shape index (κ1) is 19.6. The first-order valence-electron chi connectivity index (χ1n) is 9.75. The molecule has 0 N–H and O–H groups in total. The summed E-state index contributed by atoms with van der Waals surface area (Å²) < 4.78 is 7.62. The molecule has 0 saturated carbocycles. The molecule has 0 radical (unpaired) electrons. The predicted molar refractivity (Wildman–Crippen MR) is 112 cm³/mol. The van der Waals surface area contributed by atoms with E-state index < -0.39 is 0 Å². The molecule has 7 heteroatoms. The van der Waals surface area contributed by atoms with Crippen LogP contribution in [0, 0.1) is 6.92 Å². The molecule has 2 aromatic heterocycles. The van der Waals surface area contributed by atoms with Crippen molar-refractivity contribution in [3.8, 4) is 0 Å². The molecule has 3 heterocycles. The molecule has 0 aliphatic carbocycles. The lowest BCUT2D eigenvalue weighted by molar-refractivity contribution is -0.132. The maximum absolute atomic E-state index is 13.4. The van der Waals surface area contributed by atoms with E-state index in [4.69, 9.17) is 16.0 Å². The van der Waals surface area contributed by atoms with E-state index in [-0.39, 0.29) is 23.7 Å². The number of aromatic nitrogens is 1. The maximum Gasteiger partial charge on any atom is 0.270 e. The van der Waals surface area contributed by atoms with Gasteiger partial charge in [-0.1, -0.05) is 29.8 Å². The van der Waals surface area contributed by atoms with Crippen LogP contribution in [0.1, 0.15) is 28.5 Å². The number of benzene rings is 1. The SMILES string of the molecule is Cc1cccc(Cn2c(C(=O)N3CCN(C(=O)CCl)C(C)C3)cc3ccoc32)c1. The van der Waals surface area contributed by atoms with Crippen molar-refractivity contribution in [3.05, 3.63) is 59.5 Å². The van der Waals surface area contributed by atoms with Gasteiger partial charge in [-0.2, -0.15) is 0 Å². The summed E-state index contributed by atoms with van der Waals surface area (Å²) >= 11 is 5.70. The van der Waals surface area contributed by atoms with Crippen LogP contribution >= 0.6 is 11.6 Å². The molecule has 0 bridgehead atoms. The Morgan fingerprint density at radius 3 is 2.76 bits per heavy atom. The second-order valence-electron chi connectivity index (χ2n) is 7.61. The van der Waals surface area contributed by atoms with Crippen LogP contribution in [-0.4, -0.2) is 57.7 Å². The molecule has 1 saturated heterocycles. The number of furan rings is 1. The van der Waals surface area contributed by atoms with Gasteiger partial charge in [0.2, 0.25) is 11.6 Å². The number of carbonyl (C=O) groups excluding carboxylic acids is 2. The Bertz CT molecular complexity index is 1050. The second-order valence-corrected chi connectivity index (χ2v) is 7.87. The molecule has 3 aromatic rings. The number of alkyl halides is 1. The number of hydrogen-bond donors (Lipinski definition) is 0. The lowest BCUT2D eigenvalue weighted by atomic mass is 10.1. The highest BCUT2D eigenvalue weighted by molar-refractivity contribution is 6.27. The fourth-order valence-electron chi connectivity index (χ4n) is 4.05. The van der Waals surface area contributed by atoms with E-state index in [0.717, 1.165) is 10.9 Å². The van der Waals surface area contributed by atoms with Gasteiger partial charge in [0.05, 0.1) is 12.8 Å².